The van der Waals surface area contributed by atoms with Gasteiger partial charge in [0.05, 0.1) is 18.0 Å². The van der Waals surface area contributed by atoms with Crippen LogP contribution < -0.4 is 4.74 Å². The molecule has 1 N–H and O–H groups in total. The van der Waals surface area contributed by atoms with Gasteiger partial charge >= 0.3 is 0 Å². The highest BCUT2D eigenvalue weighted by molar-refractivity contribution is 5.64. The highest BCUT2D eigenvalue weighted by Gasteiger charge is 2.08. The molecule has 1 aromatic carbocycles. The second kappa shape index (κ2) is 7.99. The molecule has 0 amide bonds. The summed E-state index contributed by atoms with van der Waals surface area (Å²) in [6.07, 6.45) is 1.96. The number of ether oxygens (including phenoxy) is 1. The Morgan fingerprint density at radius 2 is 1.95 bits per heavy atom. The molecule has 0 radical (unpaired) electrons. The van der Waals surface area contributed by atoms with Gasteiger partial charge < -0.3 is 9.84 Å². The number of aromatic nitrogens is 2. The van der Waals surface area contributed by atoms with Gasteiger partial charge in [0.15, 0.2) is 0 Å². The van der Waals surface area contributed by atoms with Crippen LogP contribution in [-0.4, -0.2) is 27.9 Å². The fourth-order valence-corrected chi connectivity index (χ4v) is 1.79. The number of nitrogens with zero attached hydrogens (tertiary/aromatic N) is 2. The molecule has 5 nitrogen and oxygen atoms in total. The van der Waals surface area contributed by atoms with Gasteiger partial charge in [-0.05, 0) is 51.0 Å². The van der Waals surface area contributed by atoms with Crippen LogP contribution in [0.2, 0.25) is 0 Å². The highest BCUT2D eigenvalue weighted by atomic mass is 16.5. The van der Waals surface area contributed by atoms with E-state index in [1.54, 1.807) is 6.20 Å². The van der Waals surface area contributed by atoms with Crippen LogP contribution >= 0.6 is 0 Å². The molecule has 0 atom stereocenters. The molecule has 1 aromatic heterocycles. The number of carboxylic acid groups (broad SMARTS) is 1. The smallest absolute Gasteiger partial charge is 0.290 e. The Balaban J connectivity index is 0.000000677. The van der Waals surface area contributed by atoms with Gasteiger partial charge in [0, 0.05) is 5.56 Å². The molecular formula is C16H20N2O3. The Bertz CT molecular complexity index is 598. The maximum atomic E-state index is 8.36. The maximum Gasteiger partial charge on any atom is 0.290 e. The normalized spacial score (nSPS) is 9.76. The third kappa shape index (κ3) is 4.87. The lowest BCUT2D eigenvalue weighted by atomic mass is 10.0. The third-order valence-corrected chi connectivity index (χ3v) is 2.84. The summed E-state index contributed by atoms with van der Waals surface area (Å²) in [5.74, 6) is 0.866. The molecule has 0 spiro atoms. The molecule has 0 bridgehead atoms. The fourth-order valence-electron chi connectivity index (χ4n) is 1.79. The number of rotatable bonds is 3. The van der Waals surface area contributed by atoms with Crippen LogP contribution in [-0.2, 0) is 4.79 Å². The zero-order valence-corrected chi connectivity index (χ0v) is 12.7. The summed E-state index contributed by atoms with van der Waals surface area (Å²) in [4.78, 5) is 8.36. The molecule has 0 aliphatic rings. The quantitative estimate of drug-likeness (QED) is 0.878. The molecule has 0 fully saturated rings. The van der Waals surface area contributed by atoms with Crippen molar-refractivity contribution in [1.29, 1.82) is 0 Å². The molecule has 5 heteroatoms. The molecule has 0 aliphatic heterocycles. The van der Waals surface area contributed by atoms with Crippen LogP contribution in [0.4, 0.5) is 0 Å². The van der Waals surface area contributed by atoms with E-state index in [0.29, 0.717) is 0 Å². The molecule has 0 saturated heterocycles. The third-order valence-electron chi connectivity index (χ3n) is 2.84. The van der Waals surface area contributed by atoms with E-state index in [1.165, 1.54) is 0 Å². The first-order valence-electron chi connectivity index (χ1n) is 6.63. The number of benzene rings is 1. The van der Waals surface area contributed by atoms with E-state index in [-0.39, 0.29) is 12.6 Å². The van der Waals surface area contributed by atoms with Crippen molar-refractivity contribution in [3.8, 4) is 17.0 Å². The Labute approximate surface area is 124 Å². The topological polar surface area (TPSA) is 72.3 Å². The van der Waals surface area contributed by atoms with Crippen molar-refractivity contribution in [2.75, 3.05) is 0 Å². The van der Waals surface area contributed by atoms with Gasteiger partial charge in [-0.25, -0.2) is 0 Å². The van der Waals surface area contributed by atoms with Gasteiger partial charge in [-0.3, -0.25) is 4.79 Å². The zero-order chi connectivity index (χ0) is 15.8. The van der Waals surface area contributed by atoms with Gasteiger partial charge in [-0.15, -0.1) is 0 Å². The lowest BCUT2D eigenvalue weighted by Crippen LogP contribution is -2.05. The molecule has 112 valence electrons. The molecule has 1 heterocycles. The van der Waals surface area contributed by atoms with E-state index >= 15 is 0 Å². The van der Waals surface area contributed by atoms with E-state index in [4.69, 9.17) is 14.6 Å². The Hall–Kier alpha value is -2.43. The monoisotopic (exact) mass is 288 g/mol. The van der Waals surface area contributed by atoms with E-state index in [1.807, 2.05) is 45.0 Å². The van der Waals surface area contributed by atoms with Crippen LogP contribution in [0.25, 0.3) is 11.3 Å². The van der Waals surface area contributed by atoms with Crippen molar-refractivity contribution in [3.05, 3.63) is 41.6 Å². The first kappa shape index (κ1) is 16.6. The van der Waals surface area contributed by atoms with Crippen molar-refractivity contribution in [3.63, 3.8) is 0 Å². The number of hydrogen-bond acceptors (Lipinski definition) is 4. The Kier molecular flexibility index (Phi) is 6.33. The van der Waals surface area contributed by atoms with Crippen molar-refractivity contribution < 1.29 is 14.6 Å². The predicted octanol–water partition coefficient (Wildman–Crippen LogP) is 3.25. The SMILES string of the molecule is Cc1cnnc(-c2cccc(OC(C)C)c2)c1C.O=CO. The second-order valence-corrected chi connectivity index (χ2v) is 4.80. The van der Waals surface area contributed by atoms with Crippen LogP contribution in [0, 0.1) is 13.8 Å². The standard InChI is InChI=1S/C15H18N2O.CH2O2/c1-10(2)18-14-7-5-6-13(8-14)15-12(4)11(3)9-16-17-15;2-1-3/h5-10H,1-4H3;1H,(H,2,3). The first-order valence-corrected chi connectivity index (χ1v) is 6.63. The lowest BCUT2D eigenvalue weighted by molar-refractivity contribution is -0.122. The summed E-state index contributed by atoms with van der Waals surface area (Å²) >= 11 is 0. The molecule has 0 unspecified atom stereocenters. The fraction of sp³-hybridized carbons (Fsp3) is 0.312. The number of hydrogen-bond donors (Lipinski definition) is 1. The predicted molar refractivity (Wildman–Crippen MR) is 81.4 cm³/mol. The molecule has 2 aromatic rings. The molecule has 0 saturated carbocycles. The van der Waals surface area contributed by atoms with Crippen molar-refractivity contribution in [2.45, 2.75) is 33.8 Å². The van der Waals surface area contributed by atoms with Gasteiger partial charge in [-0.1, -0.05) is 12.1 Å². The van der Waals surface area contributed by atoms with E-state index in [2.05, 4.69) is 17.1 Å². The molecule has 21 heavy (non-hydrogen) atoms. The minimum absolute atomic E-state index is 0.171. The number of carbonyl (C=O) groups is 1. The van der Waals surface area contributed by atoms with Crippen molar-refractivity contribution >= 4 is 6.47 Å². The first-order chi connectivity index (χ1) is 9.99. The summed E-state index contributed by atoms with van der Waals surface area (Å²) < 4.78 is 5.70. The van der Waals surface area contributed by atoms with Gasteiger partial charge in [0.25, 0.3) is 6.47 Å². The van der Waals surface area contributed by atoms with Crippen LogP contribution in [0.15, 0.2) is 30.5 Å². The summed E-state index contributed by atoms with van der Waals surface area (Å²) in [5, 5.41) is 15.1. The average molecular weight is 288 g/mol. The van der Waals surface area contributed by atoms with Crippen LogP contribution in [0.5, 0.6) is 5.75 Å². The average Bonchev–Trinajstić information content (AvgIpc) is 2.42. The molecule has 2 rings (SSSR count). The molecular weight excluding hydrogens is 268 g/mol. The summed E-state index contributed by atoms with van der Waals surface area (Å²) in [7, 11) is 0. The summed E-state index contributed by atoms with van der Waals surface area (Å²) in [6, 6.07) is 7.98. The minimum Gasteiger partial charge on any atom is -0.491 e. The molecule has 0 aliphatic carbocycles. The van der Waals surface area contributed by atoms with Crippen LogP contribution in [0.1, 0.15) is 25.0 Å². The van der Waals surface area contributed by atoms with Gasteiger partial charge in [-0.2, -0.15) is 10.2 Å². The summed E-state index contributed by atoms with van der Waals surface area (Å²) in [5.41, 5.74) is 4.27. The van der Waals surface area contributed by atoms with Gasteiger partial charge in [0.1, 0.15) is 5.75 Å². The Morgan fingerprint density at radius 1 is 1.29 bits per heavy atom. The second-order valence-electron chi connectivity index (χ2n) is 4.80. The lowest BCUT2D eigenvalue weighted by Gasteiger charge is -2.11. The zero-order valence-electron chi connectivity index (χ0n) is 12.7. The van der Waals surface area contributed by atoms with E-state index in [0.717, 1.165) is 28.1 Å². The van der Waals surface area contributed by atoms with Crippen molar-refractivity contribution in [2.24, 2.45) is 0 Å². The highest BCUT2D eigenvalue weighted by Crippen LogP contribution is 2.26. The van der Waals surface area contributed by atoms with Gasteiger partial charge in [0.2, 0.25) is 0 Å². The minimum atomic E-state index is -0.250. The van der Waals surface area contributed by atoms with E-state index in [9.17, 15) is 0 Å². The van der Waals surface area contributed by atoms with E-state index < -0.39 is 0 Å². The van der Waals surface area contributed by atoms with Crippen LogP contribution in [0.3, 0.4) is 0 Å². The number of aryl methyl sites for hydroxylation is 1. The van der Waals surface area contributed by atoms with Crippen molar-refractivity contribution in [1.82, 2.24) is 10.2 Å². The maximum absolute atomic E-state index is 8.36. The summed E-state index contributed by atoms with van der Waals surface area (Å²) in [6.45, 7) is 7.89. The largest absolute Gasteiger partial charge is 0.491 e. The Morgan fingerprint density at radius 3 is 2.57 bits per heavy atom.